The minimum absolute atomic E-state index is 0.0982. The number of aryl methyl sites for hydroxylation is 1. The van der Waals surface area contributed by atoms with E-state index in [1.807, 2.05) is 62.4 Å². The van der Waals surface area contributed by atoms with Crippen molar-refractivity contribution in [2.45, 2.75) is 84.3 Å². The van der Waals surface area contributed by atoms with Crippen LogP contribution in [-0.4, -0.2) is 35.4 Å². The smallest absolute Gasteiger partial charge is 0.261 e. The van der Waals surface area contributed by atoms with E-state index < -0.39 is 6.04 Å². The standard InChI is InChI=1S/C28H38N2O3/c1-20-12-6-7-13-22(20)18-30(21(2)27(32)29-23-14-8-9-15-23)26(31)19-33-25-17-11-10-16-24(25)28(3,4)5/h6-7,10-13,16-17,21,23H,8-9,14-15,18-19H2,1-5H3,(H,29,32)/t21-/m1/s1. The Kier molecular flexibility index (Phi) is 8.17. The molecule has 0 spiro atoms. The molecule has 2 amide bonds. The molecule has 33 heavy (non-hydrogen) atoms. The molecule has 1 N–H and O–H groups in total. The van der Waals surface area contributed by atoms with Crippen LogP contribution in [0, 0.1) is 6.92 Å². The molecule has 5 heteroatoms. The summed E-state index contributed by atoms with van der Waals surface area (Å²) >= 11 is 0. The van der Waals surface area contributed by atoms with E-state index >= 15 is 0 Å². The molecule has 1 saturated carbocycles. The van der Waals surface area contributed by atoms with Crippen LogP contribution in [0.25, 0.3) is 0 Å². The summed E-state index contributed by atoms with van der Waals surface area (Å²) in [5, 5.41) is 3.14. The summed E-state index contributed by atoms with van der Waals surface area (Å²) in [5.74, 6) is 0.409. The van der Waals surface area contributed by atoms with Crippen molar-refractivity contribution in [3.63, 3.8) is 0 Å². The molecule has 0 saturated heterocycles. The Morgan fingerprint density at radius 1 is 1.06 bits per heavy atom. The van der Waals surface area contributed by atoms with E-state index in [1.165, 1.54) is 0 Å². The number of carbonyl (C=O) groups is 2. The minimum atomic E-state index is -0.584. The lowest BCUT2D eigenvalue weighted by Gasteiger charge is -2.30. The number of rotatable bonds is 8. The first-order valence-electron chi connectivity index (χ1n) is 12.0. The van der Waals surface area contributed by atoms with Gasteiger partial charge in [-0.05, 0) is 54.9 Å². The van der Waals surface area contributed by atoms with Crippen molar-refractivity contribution in [2.75, 3.05) is 6.61 Å². The molecule has 0 unspecified atom stereocenters. The van der Waals surface area contributed by atoms with Crippen molar-refractivity contribution in [1.82, 2.24) is 10.2 Å². The molecular weight excluding hydrogens is 412 g/mol. The second-order valence-corrected chi connectivity index (χ2v) is 10.1. The van der Waals surface area contributed by atoms with Gasteiger partial charge in [-0.25, -0.2) is 0 Å². The Bertz CT molecular complexity index is 958. The van der Waals surface area contributed by atoms with Crippen LogP contribution in [0.5, 0.6) is 5.75 Å². The van der Waals surface area contributed by atoms with Crippen molar-refractivity contribution in [3.05, 3.63) is 65.2 Å². The van der Waals surface area contributed by atoms with Crippen LogP contribution in [0.4, 0.5) is 0 Å². The van der Waals surface area contributed by atoms with Crippen LogP contribution >= 0.6 is 0 Å². The lowest BCUT2D eigenvalue weighted by Crippen LogP contribution is -2.50. The van der Waals surface area contributed by atoms with Gasteiger partial charge in [-0.2, -0.15) is 0 Å². The van der Waals surface area contributed by atoms with Crippen molar-refractivity contribution < 1.29 is 14.3 Å². The third-order valence-electron chi connectivity index (χ3n) is 6.52. The average Bonchev–Trinajstić information content (AvgIpc) is 3.29. The van der Waals surface area contributed by atoms with Crippen LogP contribution in [0.15, 0.2) is 48.5 Å². The topological polar surface area (TPSA) is 58.6 Å². The fourth-order valence-electron chi connectivity index (χ4n) is 4.38. The highest BCUT2D eigenvalue weighted by atomic mass is 16.5. The quantitative estimate of drug-likeness (QED) is 0.605. The highest BCUT2D eigenvalue weighted by Crippen LogP contribution is 2.31. The Labute approximate surface area is 198 Å². The van der Waals surface area contributed by atoms with Crippen LogP contribution < -0.4 is 10.1 Å². The van der Waals surface area contributed by atoms with Crippen LogP contribution in [-0.2, 0) is 21.5 Å². The molecule has 178 valence electrons. The number of carbonyl (C=O) groups excluding carboxylic acids is 2. The second-order valence-electron chi connectivity index (χ2n) is 10.1. The molecule has 2 aromatic carbocycles. The van der Waals surface area contributed by atoms with Gasteiger partial charge >= 0.3 is 0 Å². The summed E-state index contributed by atoms with van der Waals surface area (Å²) in [5.41, 5.74) is 3.07. The summed E-state index contributed by atoms with van der Waals surface area (Å²) in [6, 6.07) is 15.4. The van der Waals surface area contributed by atoms with Crippen LogP contribution in [0.1, 0.15) is 70.1 Å². The third kappa shape index (κ3) is 6.59. The lowest BCUT2D eigenvalue weighted by atomic mass is 9.86. The highest BCUT2D eigenvalue weighted by Gasteiger charge is 2.29. The number of ether oxygens (including phenoxy) is 1. The molecule has 0 bridgehead atoms. The van der Waals surface area contributed by atoms with Gasteiger partial charge in [0, 0.05) is 12.6 Å². The van der Waals surface area contributed by atoms with E-state index in [4.69, 9.17) is 4.74 Å². The molecule has 0 radical (unpaired) electrons. The van der Waals surface area contributed by atoms with Gasteiger partial charge in [-0.1, -0.05) is 76.1 Å². The number of para-hydroxylation sites is 1. The van der Waals surface area contributed by atoms with Gasteiger partial charge in [0.2, 0.25) is 5.91 Å². The number of amides is 2. The summed E-state index contributed by atoms with van der Waals surface area (Å²) in [7, 11) is 0. The molecule has 0 heterocycles. The van der Waals surface area contributed by atoms with E-state index in [0.717, 1.165) is 42.4 Å². The average molecular weight is 451 g/mol. The van der Waals surface area contributed by atoms with E-state index in [2.05, 4.69) is 26.1 Å². The number of hydrogen-bond donors (Lipinski definition) is 1. The summed E-state index contributed by atoms with van der Waals surface area (Å²) in [6.07, 6.45) is 4.31. The van der Waals surface area contributed by atoms with E-state index in [9.17, 15) is 9.59 Å². The van der Waals surface area contributed by atoms with Crippen LogP contribution in [0.2, 0.25) is 0 Å². The number of hydrogen-bond acceptors (Lipinski definition) is 3. The van der Waals surface area contributed by atoms with Gasteiger partial charge in [0.15, 0.2) is 6.61 Å². The van der Waals surface area contributed by atoms with Gasteiger partial charge in [0.25, 0.3) is 5.91 Å². The zero-order chi connectivity index (χ0) is 24.0. The molecule has 3 rings (SSSR count). The van der Waals surface area contributed by atoms with E-state index in [-0.39, 0.29) is 29.9 Å². The molecule has 5 nitrogen and oxygen atoms in total. The first-order chi connectivity index (χ1) is 15.7. The third-order valence-corrected chi connectivity index (χ3v) is 6.52. The first kappa shape index (κ1) is 24.8. The SMILES string of the molecule is Cc1ccccc1CN(C(=O)COc1ccccc1C(C)(C)C)[C@H](C)C(=O)NC1CCCC1. The zero-order valence-corrected chi connectivity index (χ0v) is 20.7. The van der Waals surface area contributed by atoms with Crippen molar-refractivity contribution >= 4 is 11.8 Å². The van der Waals surface area contributed by atoms with Crippen molar-refractivity contribution in [3.8, 4) is 5.75 Å². The molecule has 1 aliphatic carbocycles. The Morgan fingerprint density at radius 3 is 2.36 bits per heavy atom. The molecular formula is C28H38N2O3. The molecule has 2 aromatic rings. The Morgan fingerprint density at radius 2 is 1.70 bits per heavy atom. The minimum Gasteiger partial charge on any atom is -0.483 e. The van der Waals surface area contributed by atoms with Gasteiger partial charge in [-0.3, -0.25) is 9.59 Å². The van der Waals surface area contributed by atoms with Crippen molar-refractivity contribution in [2.24, 2.45) is 0 Å². The van der Waals surface area contributed by atoms with E-state index in [1.54, 1.807) is 4.90 Å². The maximum Gasteiger partial charge on any atom is 0.261 e. The van der Waals surface area contributed by atoms with Gasteiger partial charge in [-0.15, -0.1) is 0 Å². The number of benzene rings is 2. The lowest BCUT2D eigenvalue weighted by molar-refractivity contribution is -0.142. The Balaban J connectivity index is 1.77. The van der Waals surface area contributed by atoms with Gasteiger partial charge in [0.1, 0.15) is 11.8 Å². The zero-order valence-electron chi connectivity index (χ0n) is 20.7. The van der Waals surface area contributed by atoms with Gasteiger partial charge < -0.3 is 15.0 Å². The summed E-state index contributed by atoms with van der Waals surface area (Å²) < 4.78 is 6.01. The fraction of sp³-hybridized carbons (Fsp3) is 0.500. The first-order valence-corrected chi connectivity index (χ1v) is 12.0. The molecule has 0 aromatic heterocycles. The van der Waals surface area contributed by atoms with E-state index in [0.29, 0.717) is 12.3 Å². The predicted octanol–water partition coefficient (Wildman–Crippen LogP) is 5.15. The van der Waals surface area contributed by atoms with Gasteiger partial charge in [0.05, 0.1) is 0 Å². The van der Waals surface area contributed by atoms with Crippen molar-refractivity contribution in [1.29, 1.82) is 0 Å². The fourth-order valence-corrected chi connectivity index (χ4v) is 4.38. The summed E-state index contributed by atoms with van der Waals surface area (Å²) in [6.45, 7) is 10.5. The molecule has 0 aliphatic heterocycles. The number of nitrogens with zero attached hydrogens (tertiary/aromatic N) is 1. The second kappa shape index (κ2) is 10.9. The monoisotopic (exact) mass is 450 g/mol. The molecule has 1 aliphatic rings. The summed E-state index contributed by atoms with van der Waals surface area (Å²) in [4.78, 5) is 28.1. The normalized spacial score (nSPS) is 15.2. The maximum atomic E-state index is 13.4. The predicted molar refractivity (Wildman–Crippen MR) is 132 cm³/mol. The largest absolute Gasteiger partial charge is 0.483 e. The number of nitrogens with one attached hydrogen (secondary N) is 1. The molecule has 1 atom stereocenters. The maximum absolute atomic E-state index is 13.4. The highest BCUT2D eigenvalue weighted by molar-refractivity contribution is 5.88. The Hall–Kier alpha value is -2.82. The molecule has 1 fully saturated rings. The van der Waals surface area contributed by atoms with Crippen LogP contribution in [0.3, 0.4) is 0 Å².